The fraction of sp³-hybridized carbons (Fsp3) is 0.450. The largest absolute Gasteiger partial charge is 0.493 e. The molecule has 3 rings (SSSR count). The van der Waals surface area contributed by atoms with Gasteiger partial charge in [-0.15, -0.1) is 10.2 Å². The van der Waals surface area contributed by atoms with E-state index in [2.05, 4.69) is 28.9 Å². The second-order valence-corrected chi connectivity index (χ2v) is 6.40. The van der Waals surface area contributed by atoms with Crippen molar-refractivity contribution in [3.05, 3.63) is 41.1 Å². The first kappa shape index (κ1) is 18.9. The van der Waals surface area contributed by atoms with E-state index in [1.165, 1.54) is 5.56 Å². The van der Waals surface area contributed by atoms with Gasteiger partial charge in [0.1, 0.15) is 0 Å². The number of aromatic nitrogens is 2. The number of rotatable bonds is 6. The van der Waals surface area contributed by atoms with Crippen molar-refractivity contribution in [3.8, 4) is 11.5 Å². The third-order valence-electron chi connectivity index (χ3n) is 4.96. The Morgan fingerprint density at radius 2 is 1.74 bits per heavy atom. The van der Waals surface area contributed by atoms with Gasteiger partial charge in [-0.05, 0) is 55.7 Å². The van der Waals surface area contributed by atoms with Gasteiger partial charge < -0.3 is 19.3 Å². The Morgan fingerprint density at radius 1 is 1.07 bits per heavy atom. The summed E-state index contributed by atoms with van der Waals surface area (Å²) in [5.74, 6) is 2.08. The molecule has 0 saturated heterocycles. The number of fused-ring (bicyclic) bond motifs is 1. The molecule has 0 radical (unpaired) electrons. The minimum atomic E-state index is -0.103. The van der Waals surface area contributed by atoms with E-state index in [9.17, 15) is 4.79 Å². The van der Waals surface area contributed by atoms with E-state index in [1.807, 2.05) is 18.2 Å². The Kier molecular flexibility index (Phi) is 5.78. The summed E-state index contributed by atoms with van der Waals surface area (Å²) < 4.78 is 10.8. The molecule has 2 heterocycles. The Labute approximate surface area is 159 Å². The average Bonchev–Trinajstić information content (AvgIpc) is 2.73. The molecule has 0 N–H and O–H groups in total. The van der Waals surface area contributed by atoms with Gasteiger partial charge in [0.25, 0.3) is 5.91 Å². The van der Waals surface area contributed by atoms with Crippen molar-refractivity contribution >= 4 is 11.7 Å². The lowest BCUT2D eigenvalue weighted by atomic mass is 9.98. The van der Waals surface area contributed by atoms with E-state index in [0.29, 0.717) is 30.3 Å². The molecule has 7 heteroatoms. The molecule has 1 aromatic carbocycles. The molecule has 1 aliphatic rings. The Morgan fingerprint density at radius 3 is 2.30 bits per heavy atom. The van der Waals surface area contributed by atoms with Gasteiger partial charge in [-0.3, -0.25) is 4.79 Å². The summed E-state index contributed by atoms with van der Waals surface area (Å²) in [5, 5.41) is 8.38. The summed E-state index contributed by atoms with van der Waals surface area (Å²) in [5.41, 5.74) is 2.62. The van der Waals surface area contributed by atoms with Gasteiger partial charge in [-0.25, -0.2) is 0 Å². The Bertz CT molecular complexity index is 804. The SMILES string of the molecule is CCN(CC)c1ccc(C(=O)N2CCc3cc(OC)c(OC)cc3C2)nn1. The molecule has 2 aromatic rings. The van der Waals surface area contributed by atoms with Crippen LogP contribution in [0.15, 0.2) is 24.3 Å². The third-order valence-corrected chi connectivity index (χ3v) is 4.96. The number of nitrogens with zero attached hydrogens (tertiary/aromatic N) is 4. The lowest BCUT2D eigenvalue weighted by molar-refractivity contribution is 0.0727. The van der Waals surface area contributed by atoms with E-state index in [-0.39, 0.29) is 5.91 Å². The van der Waals surface area contributed by atoms with Crippen LogP contribution >= 0.6 is 0 Å². The summed E-state index contributed by atoms with van der Waals surface area (Å²) in [4.78, 5) is 16.8. The number of ether oxygens (including phenoxy) is 2. The highest BCUT2D eigenvalue weighted by atomic mass is 16.5. The number of carbonyl (C=O) groups excluding carboxylic acids is 1. The molecule has 0 aliphatic carbocycles. The number of hydrogen-bond donors (Lipinski definition) is 0. The zero-order valence-electron chi connectivity index (χ0n) is 16.4. The quantitative estimate of drug-likeness (QED) is 0.778. The van der Waals surface area contributed by atoms with Crippen LogP contribution in [0.3, 0.4) is 0 Å². The number of methoxy groups -OCH3 is 2. The molecule has 144 valence electrons. The van der Waals surface area contributed by atoms with E-state index in [1.54, 1.807) is 25.2 Å². The third kappa shape index (κ3) is 3.82. The van der Waals surface area contributed by atoms with Crippen LogP contribution in [0.2, 0.25) is 0 Å². The number of amides is 1. The molecular formula is C20H26N4O3. The van der Waals surface area contributed by atoms with Gasteiger partial charge >= 0.3 is 0 Å². The van der Waals surface area contributed by atoms with Gasteiger partial charge in [0.05, 0.1) is 14.2 Å². The number of anilines is 1. The maximum atomic E-state index is 12.9. The zero-order chi connectivity index (χ0) is 19.4. The predicted octanol–water partition coefficient (Wildman–Crippen LogP) is 2.54. The topological polar surface area (TPSA) is 67.8 Å². The normalized spacial score (nSPS) is 13.1. The molecule has 1 amide bonds. The van der Waals surface area contributed by atoms with Gasteiger partial charge in [-0.1, -0.05) is 0 Å². The van der Waals surface area contributed by atoms with Crippen molar-refractivity contribution < 1.29 is 14.3 Å². The van der Waals surface area contributed by atoms with Crippen LogP contribution in [-0.2, 0) is 13.0 Å². The first-order valence-electron chi connectivity index (χ1n) is 9.22. The van der Waals surface area contributed by atoms with Crippen molar-refractivity contribution in [1.82, 2.24) is 15.1 Å². The molecular weight excluding hydrogens is 344 g/mol. The highest BCUT2D eigenvalue weighted by molar-refractivity contribution is 5.92. The summed E-state index contributed by atoms with van der Waals surface area (Å²) in [6.45, 7) is 7.01. The number of carbonyl (C=O) groups is 1. The zero-order valence-corrected chi connectivity index (χ0v) is 16.4. The number of hydrogen-bond acceptors (Lipinski definition) is 6. The molecule has 0 spiro atoms. The smallest absolute Gasteiger partial charge is 0.274 e. The van der Waals surface area contributed by atoms with Crippen LogP contribution in [0, 0.1) is 0 Å². The maximum absolute atomic E-state index is 12.9. The van der Waals surface area contributed by atoms with Gasteiger partial charge in [0.2, 0.25) is 0 Å². The van der Waals surface area contributed by atoms with Crippen molar-refractivity contribution in [2.75, 3.05) is 38.8 Å². The van der Waals surface area contributed by atoms with Crippen LogP contribution in [0.1, 0.15) is 35.5 Å². The Hall–Kier alpha value is -2.83. The summed E-state index contributed by atoms with van der Waals surface area (Å²) in [6, 6.07) is 7.56. The highest BCUT2D eigenvalue weighted by Gasteiger charge is 2.24. The molecule has 0 fully saturated rings. The van der Waals surface area contributed by atoms with Crippen molar-refractivity contribution in [2.45, 2.75) is 26.8 Å². The molecule has 27 heavy (non-hydrogen) atoms. The molecule has 0 bridgehead atoms. The monoisotopic (exact) mass is 370 g/mol. The summed E-state index contributed by atoms with van der Waals surface area (Å²) in [6.07, 6.45) is 0.770. The minimum Gasteiger partial charge on any atom is -0.493 e. The van der Waals surface area contributed by atoms with E-state index in [4.69, 9.17) is 9.47 Å². The van der Waals surface area contributed by atoms with Crippen molar-refractivity contribution in [2.24, 2.45) is 0 Å². The molecule has 0 atom stereocenters. The van der Waals surface area contributed by atoms with Gasteiger partial charge in [0.15, 0.2) is 23.0 Å². The van der Waals surface area contributed by atoms with Gasteiger partial charge in [0, 0.05) is 26.2 Å². The lowest BCUT2D eigenvalue weighted by Gasteiger charge is -2.29. The van der Waals surface area contributed by atoms with E-state index >= 15 is 0 Å². The number of benzene rings is 1. The molecule has 1 aliphatic heterocycles. The minimum absolute atomic E-state index is 0.103. The fourth-order valence-corrected chi connectivity index (χ4v) is 3.37. The Balaban J connectivity index is 1.77. The van der Waals surface area contributed by atoms with Crippen LogP contribution in [0.5, 0.6) is 11.5 Å². The first-order valence-corrected chi connectivity index (χ1v) is 9.22. The summed E-state index contributed by atoms with van der Waals surface area (Å²) in [7, 11) is 3.24. The molecule has 0 unspecified atom stereocenters. The molecule has 0 saturated carbocycles. The maximum Gasteiger partial charge on any atom is 0.274 e. The van der Waals surface area contributed by atoms with E-state index < -0.39 is 0 Å². The van der Waals surface area contributed by atoms with Crippen molar-refractivity contribution in [1.29, 1.82) is 0 Å². The second-order valence-electron chi connectivity index (χ2n) is 6.40. The lowest BCUT2D eigenvalue weighted by Crippen LogP contribution is -2.36. The highest BCUT2D eigenvalue weighted by Crippen LogP contribution is 2.33. The molecule has 7 nitrogen and oxygen atoms in total. The van der Waals surface area contributed by atoms with E-state index in [0.717, 1.165) is 30.9 Å². The first-order chi connectivity index (χ1) is 13.1. The van der Waals surface area contributed by atoms with Crippen LogP contribution in [0.4, 0.5) is 5.82 Å². The second kappa shape index (κ2) is 8.24. The van der Waals surface area contributed by atoms with Crippen molar-refractivity contribution in [3.63, 3.8) is 0 Å². The van der Waals surface area contributed by atoms with Crippen LogP contribution in [0.25, 0.3) is 0 Å². The van der Waals surface area contributed by atoms with Gasteiger partial charge in [-0.2, -0.15) is 0 Å². The summed E-state index contributed by atoms with van der Waals surface area (Å²) >= 11 is 0. The fourth-order valence-electron chi connectivity index (χ4n) is 3.37. The predicted molar refractivity (Wildman–Crippen MR) is 104 cm³/mol. The van der Waals surface area contributed by atoms with Crippen LogP contribution < -0.4 is 14.4 Å². The van der Waals surface area contributed by atoms with Crippen LogP contribution in [-0.4, -0.2) is 54.9 Å². The standard InChI is InChI=1S/C20H26N4O3/c1-5-23(6-2)19-8-7-16(21-22-19)20(25)24-10-9-14-11-17(26-3)18(27-4)12-15(14)13-24/h7-8,11-12H,5-6,9-10,13H2,1-4H3. The molecule has 1 aromatic heterocycles. The average molecular weight is 370 g/mol.